The molecule has 106 valence electrons. The molecule has 0 saturated heterocycles. The van der Waals surface area contributed by atoms with E-state index in [1.165, 1.54) is 0 Å². The minimum Gasteiger partial charge on any atom is -0.822 e. The molecule has 0 amide bonds. The molecule has 0 aromatic rings. The van der Waals surface area contributed by atoms with Crippen LogP contribution in [-0.4, -0.2) is 68.3 Å². The number of phosphoric acid groups is 1. The minimum absolute atomic E-state index is 0. The van der Waals surface area contributed by atoms with Crippen molar-refractivity contribution >= 4 is 7.82 Å². The second-order valence-electron chi connectivity index (χ2n) is 2.93. The van der Waals surface area contributed by atoms with Gasteiger partial charge in [-0.1, -0.05) is 0 Å². The Labute approximate surface area is 182 Å². The van der Waals surface area contributed by atoms with Gasteiger partial charge >= 0.3 is 88.7 Å². The van der Waals surface area contributed by atoms with Crippen LogP contribution in [0.25, 0.3) is 0 Å². The predicted octanol–water partition coefficient (Wildman–Crippen LogP) is -15.4. The van der Waals surface area contributed by atoms with Gasteiger partial charge in [0.2, 0.25) is 0 Å². The predicted molar refractivity (Wildman–Crippen MR) is 45.8 cm³/mol. The third-order valence-corrected chi connectivity index (χ3v) is 1.51. The fourth-order valence-corrected chi connectivity index (χ4v) is 0.671. The third-order valence-electron chi connectivity index (χ3n) is 1.51. The fourth-order valence-electron chi connectivity index (χ4n) is 0.671. The smallest absolute Gasteiger partial charge is 0.822 e. The molecule has 0 radical (unpaired) electrons. The molecule has 0 aliphatic rings. The van der Waals surface area contributed by atoms with Crippen molar-refractivity contribution in [1.29, 1.82) is 0 Å². The Balaban J connectivity index is -0.0000000821. The largest absolute Gasteiger partial charge is 1.00 e. The molecule has 10 nitrogen and oxygen atoms in total. The van der Waals surface area contributed by atoms with E-state index in [9.17, 15) is 0 Å². The number of rotatable bonds is 5. The van der Waals surface area contributed by atoms with E-state index in [1.54, 1.807) is 0 Å². The van der Waals surface area contributed by atoms with Crippen molar-refractivity contribution in [3.8, 4) is 0 Å². The van der Waals surface area contributed by atoms with Crippen LogP contribution in [0.15, 0.2) is 0 Å². The summed E-state index contributed by atoms with van der Waals surface area (Å²) in [4.78, 5) is 25.6. The van der Waals surface area contributed by atoms with Gasteiger partial charge in [-0.2, -0.15) is 7.82 Å². The van der Waals surface area contributed by atoms with Gasteiger partial charge in [0.15, 0.2) is 0 Å². The van der Waals surface area contributed by atoms with Crippen molar-refractivity contribution in [3.05, 3.63) is 0 Å². The molecular formula is C6H14Na3O10P. The van der Waals surface area contributed by atoms with Gasteiger partial charge in [0.25, 0.3) is 0 Å². The summed E-state index contributed by atoms with van der Waals surface area (Å²) in [6, 6.07) is 0. The van der Waals surface area contributed by atoms with Gasteiger partial charge in [0, 0.05) is 0 Å². The summed E-state index contributed by atoms with van der Waals surface area (Å²) in [5.74, 6) is 0. The number of hydrogen-bond donors (Lipinski definition) is 6. The second kappa shape index (κ2) is 18.2. The Hall–Kier alpha value is 2.87. The SMILES string of the molecule is O=P([O-])([O-])[O-].OC[C@@H](O)[C@@H](O)[C@H](O)[C@H](O)CO.[Na+].[Na+].[Na+]. The van der Waals surface area contributed by atoms with E-state index in [4.69, 9.17) is 49.9 Å². The van der Waals surface area contributed by atoms with Gasteiger partial charge in [-0.05, 0) is 0 Å². The van der Waals surface area contributed by atoms with E-state index in [2.05, 4.69) is 0 Å². The summed E-state index contributed by atoms with van der Waals surface area (Å²) in [5, 5.41) is 52.2. The second-order valence-corrected chi connectivity index (χ2v) is 3.82. The zero-order valence-corrected chi connectivity index (χ0v) is 18.4. The molecule has 20 heavy (non-hydrogen) atoms. The molecule has 0 aromatic heterocycles. The zero-order chi connectivity index (χ0) is 14.2. The van der Waals surface area contributed by atoms with E-state index in [0.717, 1.165) is 0 Å². The van der Waals surface area contributed by atoms with Gasteiger partial charge in [-0.3, -0.25) is 0 Å². The van der Waals surface area contributed by atoms with Crippen LogP contribution in [0.2, 0.25) is 0 Å². The van der Waals surface area contributed by atoms with Gasteiger partial charge in [-0.25, -0.2) is 0 Å². The molecule has 0 aliphatic heterocycles. The van der Waals surface area contributed by atoms with Crippen molar-refractivity contribution in [2.24, 2.45) is 0 Å². The average molecular weight is 346 g/mol. The molecule has 4 atom stereocenters. The summed E-state index contributed by atoms with van der Waals surface area (Å²) in [7, 11) is -5.39. The third kappa shape index (κ3) is 23.1. The molecule has 14 heteroatoms. The van der Waals surface area contributed by atoms with Crippen molar-refractivity contribution < 1.29 is 139 Å². The van der Waals surface area contributed by atoms with E-state index >= 15 is 0 Å². The van der Waals surface area contributed by atoms with Crippen molar-refractivity contribution in [2.45, 2.75) is 24.4 Å². The Morgan fingerprint density at radius 1 is 0.750 bits per heavy atom. The molecule has 0 bridgehead atoms. The first-order valence-electron chi connectivity index (χ1n) is 4.21. The van der Waals surface area contributed by atoms with Gasteiger partial charge in [-0.15, -0.1) is 0 Å². The van der Waals surface area contributed by atoms with E-state index in [-0.39, 0.29) is 88.7 Å². The number of hydrogen-bond acceptors (Lipinski definition) is 10. The summed E-state index contributed by atoms with van der Waals surface area (Å²) in [6.45, 7) is -1.45. The molecular weight excluding hydrogens is 332 g/mol. The Morgan fingerprint density at radius 3 is 1.00 bits per heavy atom. The molecule has 0 aliphatic carbocycles. The summed E-state index contributed by atoms with van der Waals surface area (Å²) < 4.78 is 8.55. The van der Waals surface area contributed by atoms with Crippen molar-refractivity contribution in [2.75, 3.05) is 13.2 Å². The Bertz CT molecular complexity index is 219. The maximum absolute atomic E-state index is 8.96. The number of aliphatic hydroxyl groups excluding tert-OH is 6. The maximum Gasteiger partial charge on any atom is 1.00 e. The first-order chi connectivity index (χ1) is 7.54. The molecule has 0 aromatic carbocycles. The van der Waals surface area contributed by atoms with Crippen LogP contribution in [0.5, 0.6) is 0 Å². The Morgan fingerprint density at radius 2 is 0.900 bits per heavy atom. The molecule has 0 fully saturated rings. The van der Waals surface area contributed by atoms with Crippen LogP contribution in [0.3, 0.4) is 0 Å². The van der Waals surface area contributed by atoms with Gasteiger partial charge < -0.3 is 49.9 Å². The summed E-state index contributed by atoms with van der Waals surface area (Å²) in [5.41, 5.74) is 0. The molecule has 6 N–H and O–H groups in total. The normalized spacial score (nSPS) is 15.8. The van der Waals surface area contributed by atoms with Crippen LogP contribution < -0.4 is 103 Å². The molecule has 0 unspecified atom stereocenters. The van der Waals surface area contributed by atoms with Crippen LogP contribution in [0.1, 0.15) is 0 Å². The van der Waals surface area contributed by atoms with Crippen molar-refractivity contribution in [1.82, 2.24) is 0 Å². The Kier molecular flexibility index (Phi) is 31.2. The van der Waals surface area contributed by atoms with Crippen LogP contribution in [0.4, 0.5) is 0 Å². The zero-order valence-electron chi connectivity index (χ0n) is 11.5. The van der Waals surface area contributed by atoms with Gasteiger partial charge in [0.05, 0.1) is 13.2 Å². The molecule has 0 spiro atoms. The minimum atomic E-state index is -5.39. The maximum atomic E-state index is 8.96. The van der Waals surface area contributed by atoms with Crippen molar-refractivity contribution in [3.63, 3.8) is 0 Å². The molecule has 0 rings (SSSR count). The van der Waals surface area contributed by atoms with Crippen LogP contribution >= 0.6 is 7.82 Å². The van der Waals surface area contributed by atoms with Crippen LogP contribution in [-0.2, 0) is 4.57 Å². The molecule has 0 heterocycles. The van der Waals surface area contributed by atoms with E-state index < -0.39 is 45.5 Å². The average Bonchev–Trinajstić information content (AvgIpc) is 2.22. The first kappa shape index (κ1) is 34.3. The van der Waals surface area contributed by atoms with E-state index in [0.29, 0.717) is 0 Å². The summed E-state index contributed by atoms with van der Waals surface area (Å²) in [6.07, 6.45) is -6.39. The van der Waals surface area contributed by atoms with Gasteiger partial charge in [0.1, 0.15) is 24.4 Å². The molecule has 0 saturated carbocycles. The summed E-state index contributed by atoms with van der Waals surface area (Å²) >= 11 is 0. The topological polar surface area (TPSA) is 208 Å². The first-order valence-corrected chi connectivity index (χ1v) is 5.67. The number of aliphatic hydroxyl groups is 6. The standard InChI is InChI=1S/C6H14O6.3Na.H3O4P/c7-1-3(9)5(11)6(12)4(10)2-8;;;;1-5(2,3)4/h3-12H,1-2H2;;;;(H3,1,2,3,4)/q;3*+1;/p-3/t3-,4-,5-,6-;;;;/m1..../s1. The van der Waals surface area contributed by atoms with Crippen LogP contribution in [0, 0.1) is 0 Å². The monoisotopic (exact) mass is 346 g/mol. The van der Waals surface area contributed by atoms with E-state index in [1.807, 2.05) is 0 Å². The fraction of sp³-hybridized carbons (Fsp3) is 1.00. The quantitative estimate of drug-likeness (QED) is 0.204.